The van der Waals surface area contributed by atoms with E-state index in [4.69, 9.17) is 14.0 Å². The average molecular weight is 520 g/mol. The number of aromatic nitrogens is 2. The predicted molar refractivity (Wildman–Crippen MR) is 120 cm³/mol. The summed E-state index contributed by atoms with van der Waals surface area (Å²) in [5.41, 5.74) is -0.975. The molecule has 3 amide bonds. The number of nitrogens with one attached hydrogen (secondary N) is 1. The smallest absolute Gasteiger partial charge is 0.420 e. The number of para-hydroxylation sites is 1. The largest absolute Gasteiger partial charge is 0.456 e. The van der Waals surface area contributed by atoms with Crippen LogP contribution in [0.15, 0.2) is 51.9 Å². The molecule has 0 bridgehead atoms. The van der Waals surface area contributed by atoms with Crippen LogP contribution in [-0.4, -0.2) is 52.0 Å². The van der Waals surface area contributed by atoms with Crippen molar-refractivity contribution in [2.24, 2.45) is 0 Å². The van der Waals surface area contributed by atoms with Crippen molar-refractivity contribution in [3.63, 3.8) is 0 Å². The molecule has 0 saturated carbocycles. The highest BCUT2D eigenvalue weighted by atomic mass is 32.2. The number of thioether (sulfide) groups is 1. The molecule has 2 fully saturated rings. The number of hydrogen-bond acceptors (Lipinski definition) is 8. The van der Waals surface area contributed by atoms with E-state index < -0.39 is 23.7 Å². The predicted octanol–water partition coefficient (Wildman–Crippen LogP) is 4.48. The number of urea groups is 1. The summed E-state index contributed by atoms with van der Waals surface area (Å²) < 4.78 is 58.1. The third kappa shape index (κ3) is 5.16. The Labute approximate surface area is 206 Å². The zero-order chi connectivity index (χ0) is 25.3. The Morgan fingerprint density at radius 3 is 2.72 bits per heavy atom. The van der Waals surface area contributed by atoms with Crippen LogP contribution in [0.5, 0.6) is 11.5 Å². The van der Waals surface area contributed by atoms with Crippen LogP contribution in [-0.2, 0) is 22.3 Å². The molecule has 36 heavy (non-hydrogen) atoms. The molecular weight excluding hydrogens is 501 g/mol. The SMILES string of the molecule is O=C1CNC(=O)N1Cc1nc(-c2ccc(Oc3ccccc3SC3CCOC3)c(C(F)(F)F)c2)no1. The van der Waals surface area contributed by atoms with E-state index in [-0.39, 0.29) is 41.4 Å². The Kier molecular flexibility index (Phi) is 6.58. The molecule has 3 aromatic rings. The number of alkyl halides is 3. The second-order valence-corrected chi connectivity index (χ2v) is 9.35. The number of benzene rings is 2. The van der Waals surface area contributed by atoms with Gasteiger partial charge in [0.1, 0.15) is 18.0 Å². The molecule has 1 atom stereocenters. The Hall–Kier alpha value is -3.58. The fourth-order valence-corrected chi connectivity index (χ4v) is 4.82. The molecule has 2 aromatic carbocycles. The van der Waals surface area contributed by atoms with Crippen LogP contribution in [0.3, 0.4) is 0 Å². The molecule has 5 rings (SSSR count). The zero-order valence-corrected chi connectivity index (χ0v) is 19.4. The van der Waals surface area contributed by atoms with Crippen LogP contribution in [0.4, 0.5) is 18.0 Å². The van der Waals surface area contributed by atoms with Crippen molar-refractivity contribution in [3.05, 3.63) is 53.9 Å². The van der Waals surface area contributed by atoms with E-state index in [0.29, 0.717) is 23.9 Å². The van der Waals surface area contributed by atoms with Gasteiger partial charge in [-0.2, -0.15) is 18.2 Å². The lowest BCUT2D eigenvalue weighted by molar-refractivity contribution is -0.138. The number of carbonyl (C=O) groups is 2. The summed E-state index contributed by atoms with van der Waals surface area (Å²) in [5.74, 6) is -0.745. The summed E-state index contributed by atoms with van der Waals surface area (Å²) in [6.07, 6.45) is -3.87. The minimum absolute atomic E-state index is 0.0349. The molecule has 2 aliphatic rings. The first-order valence-corrected chi connectivity index (χ1v) is 11.8. The summed E-state index contributed by atoms with van der Waals surface area (Å²) in [7, 11) is 0. The van der Waals surface area contributed by atoms with Crippen molar-refractivity contribution in [1.29, 1.82) is 0 Å². The van der Waals surface area contributed by atoms with Gasteiger partial charge in [-0.3, -0.25) is 9.69 Å². The van der Waals surface area contributed by atoms with Crippen LogP contribution >= 0.6 is 11.8 Å². The molecule has 0 aliphatic carbocycles. The van der Waals surface area contributed by atoms with E-state index in [0.717, 1.165) is 17.4 Å². The molecule has 9 nitrogen and oxygen atoms in total. The fourth-order valence-electron chi connectivity index (χ4n) is 3.70. The van der Waals surface area contributed by atoms with Crippen LogP contribution in [0.2, 0.25) is 0 Å². The number of hydrogen-bond donors (Lipinski definition) is 1. The number of ether oxygens (including phenoxy) is 2. The molecule has 1 unspecified atom stereocenters. The van der Waals surface area contributed by atoms with Crippen LogP contribution < -0.4 is 10.1 Å². The standard InChI is InChI=1S/C23H19F3N4O5S/c24-23(25,26)15-9-13(21-28-19(35-29-21)11-30-20(31)10-27-22(30)32)5-6-16(15)34-17-3-1-2-4-18(17)36-14-7-8-33-12-14/h1-6,9,14H,7-8,10-12H2,(H,27,32). The molecular formula is C23H19F3N4O5S. The monoisotopic (exact) mass is 520 g/mol. The Balaban J connectivity index is 1.40. The molecule has 0 radical (unpaired) electrons. The Morgan fingerprint density at radius 1 is 1.17 bits per heavy atom. The van der Waals surface area contributed by atoms with Gasteiger partial charge in [0, 0.05) is 17.4 Å². The van der Waals surface area contributed by atoms with Gasteiger partial charge in [0.2, 0.25) is 11.7 Å². The van der Waals surface area contributed by atoms with Crippen molar-refractivity contribution >= 4 is 23.7 Å². The van der Waals surface area contributed by atoms with Crippen molar-refractivity contribution in [3.8, 4) is 22.9 Å². The fraction of sp³-hybridized carbons (Fsp3) is 0.304. The van der Waals surface area contributed by atoms with Gasteiger partial charge in [-0.1, -0.05) is 17.3 Å². The van der Waals surface area contributed by atoms with Gasteiger partial charge in [-0.25, -0.2) is 4.79 Å². The average Bonchev–Trinajstić information content (AvgIpc) is 3.60. The second-order valence-electron chi connectivity index (χ2n) is 8.01. The molecule has 3 heterocycles. The number of imide groups is 1. The molecule has 1 aromatic heterocycles. The zero-order valence-electron chi connectivity index (χ0n) is 18.6. The molecule has 188 valence electrons. The quantitative estimate of drug-likeness (QED) is 0.455. The maximum absolute atomic E-state index is 14.0. The van der Waals surface area contributed by atoms with Gasteiger partial charge in [0.05, 0.1) is 23.6 Å². The van der Waals surface area contributed by atoms with E-state index in [9.17, 15) is 22.8 Å². The maximum Gasteiger partial charge on any atom is 0.420 e. The van der Waals surface area contributed by atoms with Crippen molar-refractivity contribution in [2.75, 3.05) is 19.8 Å². The van der Waals surface area contributed by atoms with Gasteiger partial charge in [0.25, 0.3) is 5.91 Å². The molecule has 2 saturated heterocycles. The van der Waals surface area contributed by atoms with E-state index in [1.807, 2.05) is 0 Å². The molecule has 2 aliphatic heterocycles. The minimum atomic E-state index is -4.72. The summed E-state index contributed by atoms with van der Waals surface area (Å²) in [5, 5.41) is 6.26. The van der Waals surface area contributed by atoms with Gasteiger partial charge in [-0.15, -0.1) is 11.8 Å². The second kappa shape index (κ2) is 9.82. The number of nitrogens with zero attached hydrogens (tertiary/aromatic N) is 3. The van der Waals surface area contributed by atoms with Crippen molar-refractivity contribution in [2.45, 2.75) is 29.3 Å². The Bertz CT molecular complexity index is 1280. The maximum atomic E-state index is 14.0. The number of halogens is 3. The normalized spacial score (nSPS) is 18.1. The van der Waals surface area contributed by atoms with E-state index in [1.165, 1.54) is 23.9 Å². The summed E-state index contributed by atoms with van der Waals surface area (Å²) in [4.78, 5) is 29.1. The van der Waals surface area contributed by atoms with Gasteiger partial charge in [0.15, 0.2) is 0 Å². The van der Waals surface area contributed by atoms with E-state index in [2.05, 4.69) is 15.5 Å². The third-order valence-electron chi connectivity index (χ3n) is 5.49. The number of amides is 3. The Morgan fingerprint density at radius 2 is 2.00 bits per heavy atom. The highest BCUT2D eigenvalue weighted by molar-refractivity contribution is 8.00. The molecule has 1 N–H and O–H groups in total. The third-order valence-corrected chi connectivity index (χ3v) is 6.79. The van der Waals surface area contributed by atoms with Crippen molar-refractivity contribution in [1.82, 2.24) is 20.4 Å². The van der Waals surface area contributed by atoms with Gasteiger partial charge in [-0.05, 0) is 36.8 Å². The first-order valence-electron chi connectivity index (χ1n) is 10.9. The lowest BCUT2D eigenvalue weighted by atomic mass is 10.1. The summed E-state index contributed by atoms with van der Waals surface area (Å²) in [6.45, 7) is 0.794. The topological polar surface area (TPSA) is 107 Å². The van der Waals surface area contributed by atoms with Crippen LogP contribution in [0, 0.1) is 0 Å². The first-order chi connectivity index (χ1) is 17.3. The molecule has 0 spiro atoms. The highest BCUT2D eigenvalue weighted by Crippen LogP contribution is 2.43. The summed E-state index contributed by atoms with van der Waals surface area (Å²) >= 11 is 1.51. The van der Waals surface area contributed by atoms with Crippen molar-refractivity contribution < 1.29 is 36.8 Å². The highest BCUT2D eigenvalue weighted by Gasteiger charge is 2.36. The minimum Gasteiger partial charge on any atom is -0.456 e. The number of rotatable bonds is 7. The van der Waals surface area contributed by atoms with Crippen LogP contribution in [0.25, 0.3) is 11.4 Å². The van der Waals surface area contributed by atoms with Gasteiger partial charge < -0.3 is 19.3 Å². The van der Waals surface area contributed by atoms with E-state index in [1.54, 1.807) is 24.3 Å². The van der Waals surface area contributed by atoms with E-state index >= 15 is 0 Å². The number of carbonyl (C=O) groups excluding carboxylic acids is 2. The lowest BCUT2D eigenvalue weighted by Gasteiger charge is -2.17. The van der Waals surface area contributed by atoms with Crippen LogP contribution in [0.1, 0.15) is 17.9 Å². The van der Waals surface area contributed by atoms with Gasteiger partial charge >= 0.3 is 12.2 Å². The first kappa shape index (κ1) is 24.1. The lowest BCUT2D eigenvalue weighted by Crippen LogP contribution is -2.30. The summed E-state index contributed by atoms with van der Waals surface area (Å²) in [6, 6.07) is 9.75. The molecule has 13 heteroatoms.